The van der Waals surface area contributed by atoms with Crippen LogP contribution in [0.2, 0.25) is 0 Å². The van der Waals surface area contributed by atoms with Crippen molar-refractivity contribution in [2.45, 2.75) is 6.67 Å². The summed E-state index contributed by atoms with van der Waals surface area (Å²) in [6, 6.07) is 3.71. The van der Waals surface area contributed by atoms with Crippen LogP contribution in [-0.4, -0.2) is 65.7 Å². The Hall–Kier alpha value is -2.74. The number of likely N-dealkylation sites (N-methyl/N-ethyl adjacent to an activating group) is 1. The molecule has 0 bridgehead atoms. The number of hydrogen-bond acceptors (Lipinski definition) is 5. The van der Waals surface area contributed by atoms with Gasteiger partial charge in [0.1, 0.15) is 0 Å². The molecule has 5 rings (SSSR count). The van der Waals surface area contributed by atoms with E-state index in [1.165, 1.54) is 4.90 Å². The summed E-state index contributed by atoms with van der Waals surface area (Å²) in [6.45, 7) is 2.08. The van der Waals surface area contributed by atoms with E-state index in [0.29, 0.717) is 37.1 Å². The highest BCUT2D eigenvalue weighted by Gasteiger charge is 2.30. The molecule has 0 fully saturated rings. The van der Waals surface area contributed by atoms with Crippen LogP contribution in [0.15, 0.2) is 18.2 Å². The molecule has 0 saturated carbocycles. The van der Waals surface area contributed by atoms with Gasteiger partial charge in [0.25, 0.3) is 11.8 Å². The number of aromatic nitrogens is 1. The maximum Gasteiger partial charge on any atom is 0.261 e. The highest BCUT2D eigenvalue weighted by atomic mass is 35.5. The minimum atomic E-state index is -0.290. The summed E-state index contributed by atoms with van der Waals surface area (Å²) in [4.78, 5) is 41.3. The standard InChI is InChI=1S/C21H20N4O3.ClH/c1-23(2)7-8-24-18(27)9-14-12(21(24)28)3-5-16-19(14)13-4-6-17(26)15-10-22-11-25(16)20(13)15;/h3-6,9,22H,7-8,10-11H2,1-2H3;1H. The zero-order valence-corrected chi connectivity index (χ0v) is 17.0. The number of hydrogen-bond donors (Lipinski definition) is 1. The normalized spacial score (nSPS) is 17.4. The van der Waals surface area contributed by atoms with Gasteiger partial charge in [-0.05, 0) is 38.4 Å². The average molecular weight is 413 g/mol. The largest absolute Gasteiger partial charge is 0.327 e. The molecule has 0 atom stereocenters. The van der Waals surface area contributed by atoms with Crippen LogP contribution in [0.3, 0.4) is 0 Å². The Labute approximate surface area is 173 Å². The van der Waals surface area contributed by atoms with E-state index in [4.69, 9.17) is 0 Å². The minimum Gasteiger partial charge on any atom is -0.327 e. The summed E-state index contributed by atoms with van der Waals surface area (Å²) in [5.41, 5.74) is 3.10. The molecule has 1 aliphatic carbocycles. The second-order valence-electron chi connectivity index (χ2n) is 7.61. The fraction of sp³-hybridized carbons (Fsp3) is 0.286. The van der Waals surface area contributed by atoms with E-state index in [-0.39, 0.29) is 30.0 Å². The van der Waals surface area contributed by atoms with Gasteiger partial charge < -0.3 is 9.47 Å². The zero-order valence-electron chi connectivity index (χ0n) is 16.2. The van der Waals surface area contributed by atoms with Crippen molar-refractivity contribution in [2.24, 2.45) is 0 Å². The van der Waals surface area contributed by atoms with Gasteiger partial charge in [-0.15, -0.1) is 12.4 Å². The second-order valence-corrected chi connectivity index (χ2v) is 7.61. The first-order valence-electron chi connectivity index (χ1n) is 9.31. The number of halogens is 1. The molecule has 2 aromatic rings. The molecule has 0 radical (unpaired) electrons. The lowest BCUT2D eigenvalue weighted by Gasteiger charge is -2.24. The van der Waals surface area contributed by atoms with E-state index in [0.717, 1.165) is 27.4 Å². The third kappa shape index (κ3) is 2.77. The zero-order chi connectivity index (χ0) is 19.6. The monoisotopic (exact) mass is 412 g/mol. The van der Waals surface area contributed by atoms with Gasteiger partial charge in [0.05, 0.1) is 17.5 Å². The van der Waals surface area contributed by atoms with E-state index in [1.807, 2.05) is 31.1 Å². The van der Waals surface area contributed by atoms with Gasteiger partial charge in [0.2, 0.25) is 0 Å². The predicted molar refractivity (Wildman–Crippen MR) is 113 cm³/mol. The Morgan fingerprint density at radius 3 is 2.69 bits per heavy atom. The highest BCUT2D eigenvalue weighted by molar-refractivity contribution is 6.26. The molecule has 150 valence electrons. The fourth-order valence-corrected chi connectivity index (χ4v) is 4.29. The van der Waals surface area contributed by atoms with E-state index >= 15 is 0 Å². The Kier molecular flexibility index (Phi) is 4.69. The molecule has 8 heteroatoms. The summed E-state index contributed by atoms with van der Waals surface area (Å²) >= 11 is 0. The molecule has 3 heterocycles. The molecule has 0 spiro atoms. The summed E-state index contributed by atoms with van der Waals surface area (Å²) in [5.74, 6) is -0.550. The van der Waals surface area contributed by atoms with E-state index in [2.05, 4.69) is 9.88 Å². The molecule has 2 amide bonds. The number of imide groups is 1. The van der Waals surface area contributed by atoms with Crippen LogP contribution in [0.25, 0.3) is 28.6 Å². The SMILES string of the molecule is CN(C)CCN1C(=O)C=c2c(ccc3c2c2c4n3CNCC=4C(=O)C=C2)C1=O.Cl. The van der Waals surface area contributed by atoms with Crippen molar-refractivity contribution in [1.29, 1.82) is 0 Å². The number of rotatable bonds is 3. The van der Waals surface area contributed by atoms with Gasteiger partial charge in [-0.1, -0.05) is 0 Å². The number of amides is 2. The van der Waals surface area contributed by atoms with Crippen LogP contribution in [0.4, 0.5) is 0 Å². The lowest BCUT2D eigenvalue weighted by atomic mass is 9.96. The van der Waals surface area contributed by atoms with Crippen LogP contribution >= 0.6 is 12.4 Å². The summed E-state index contributed by atoms with van der Waals surface area (Å²) in [6.07, 6.45) is 4.95. The van der Waals surface area contributed by atoms with E-state index in [9.17, 15) is 14.4 Å². The van der Waals surface area contributed by atoms with Gasteiger partial charge in [-0.25, -0.2) is 0 Å². The number of carbonyl (C=O) groups excluding carboxylic acids is 3. The van der Waals surface area contributed by atoms with E-state index in [1.54, 1.807) is 18.2 Å². The number of ketones is 1. The molecule has 1 aromatic heterocycles. The van der Waals surface area contributed by atoms with Crippen LogP contribution in [-0.2, 0) is 16.3 Å². The van der Waals surface area contributed by atoms with Crippen molar-refractivity contribution in [3.63, 3.8) is 0 Å². The van der Waals surface area contributed by atoms with E-state index < -0.39 is 0 Å². The van der Waals surface area contributed by atoms with Crippen molar-refractivity contribution in [3.8, 4) is 0 Å². The number of nitrogens with one attached hydrogen (secondary N) is 1. The maximum absolute atomic E-state index is 13.0. The van der Waals surface area contributed by atoms with Crippen LogP contribution < -0.4 is 15.9 Å². The topological polar surface area (TPSA) is 74.7 Å². The van der Waals surface area contributed by atoms with Crippen molar-refractivity contribution in [1.82, 2.24) is 19.7 Å². The molecule has 3 aliphatic rings. The van der Waals surface area contributed by atoms with Gasteiger partial charge in [-0.3, -0.25) is 24.6 Å². The molecule has 0 unspecified atom stereocenters. The number of benzene rings is 1. The first-order chi connectivity index (χ1) is 13.5. The van der Waals surface area contributed by atoms with Crippen molar-refractivity contribution < 1.29 is 14.4 Å². The Balaban J connectivity index is 0.00000205. The van der Waals surface area contributed by atoms with Crippen LogP contribution in [0.5, 0.6) is 0 Å². The number of allylic oxidation sites excluding steroid dienone is 1. The van der Waals surface area contributed by atoms with Gasteiger partial charge in [0, 0.05) is 53.0 Å². The van der Waals surface area contributed by atoms with Crippen LogP contribution in [0, 0.1) is 0 Å². The highest BCUT2D eigenvalue weighted by Crippen LogP contribution is 2.23. The lowest BCUT2D eigenvalue weighted by molar-refractivity contribution is -0.122. The number of nitrogens with zero attached hydrogens (tertiary/aromatic N) is 3. The van der Waals surface area contributed by atoms with Crippen LogP contribution in [0.1, 0.15) is 15.9 Å². The molecular weight excluding hydrogens is 392 g/mol. The second kappa shape index (κ2) is 6.95. The Morgan fingerprint density at radius 2 is 1.93 bits per heavy atom. The minimum absolute atomic E-state index is 0. The third-order valence-corrected chi connectivity index (χ3v) is 5.65. The van der Waals surface area contributed by atoms with Gasteiger partial charge in [-0.2, -0.15) is 0 Å². The maximum atomic E-state index is 13.0. The first-order valence-corrected chi connectivity index (χ1v) is 9.31. The third-order valence-electron chi connectivity index (χ3n) is 5.65. The number of carbonyl (C=O) groups is 3. The quantitative estimate of drug-likeness (QED) is 0.700. The van der Waals surface area contributed by atoms with Gasteiger partial charge >= 0.3 is 0 Å². The molecule has 2 aliphatic heterocycles. The molecular formula is C21H21ClN4O3. The number of fused-ring (bicyclic) bond motifs is 5. The summed E-state index contributed by atoms with van der Waals surface area (Å²) < 4.78 is 2.06. The Bertz CT molecular complexity index is 1240. The lowest BCUT2D eigenvalue weighted by Crippen LogP contribution is -2.45. The molecule has 7 nitrogen and oxygen atoms in total. The smallest absolute Gasteiger partial charge is 0.261 e. The molecule has 1 aromatic carbocycles. The predicted octanol–water partition coefficient (Wildman–Crippen LogP) is -0.305. The van der Waals surface area contributed by atoms with Crippen molar-refractivity contribution >= 4 is 58.6 Å². The fourth-order valence-electron chi connectivity index (χ4n) is 4.29. The summed E-state index contributed by atoms with van der Waals surface area (Å²) in [7, 11) is 3.82. The summed E-state index contributed by atoms with van der Waals surface area (Å²) in [5, 5.41) is 5.68. The van der Waals surface area contributed by atoms with Crippen molar-refractivity contribution in [2.75, 3.05) is 33.7 Å². The average Bonchev–Trinajstić information content (AvgIpc) is 3.00. The van der Waals surface area contributed by atoms with Gasteiger partial charge in [0.15, 0.2) is 5.78 Å². The van der Waals surface area contributed by atoms with Crippen molar-refractivity contribution in [3.05, 3.63) is 39.9 Å². The molecule has 0 saturated heterocycles. The Morgan fingerprint density at radius 1 is 1.14 bits per heavy atom. The molecule has 1 N–H and O–H groups in total. The first kappa shape index (κ1) is 19.6. The molecule has 29 heavy (non-hydrogen) atoms.